The van der Waals surface area contributed by atoms with Crippen LogP contribution in [0.3, 0.4) is 0 Å². The maximum absolute atomic E-state index is 12.4. The van der Waals surface area contributed by atoms with Crippen LogP contribution in [0.25, 0.3) is 5.57 Å². The second-order valence-electron chi connectivity index (χ2n) is 6.56. The fourth-order valence-corrected chi connectivity index (χ4v) is 3.86. The summed E-state index contributed by atoms with van der Waals surface area (Å²) in [6, 6.07) is 9.50. The molecule has 0 spiro atoms. The van der Waals surface area contributed by atoms with E-state index >= 15 is 0 Å². The summed E-state index contributed by atoms with van der Waals surface area (Å²) in [7, 11) is 0. The lowest BCUT2D eigenvalue weighted by Crippen LogP contribution is -2.42. The zero-order valence-corrected chi connectivity index (χ0v) is 13.1. The van der Waals surface area contributed by atoms with Crippen LogP contribution in [-0.2, 0) is 4.79 Å². The molecule has 3 rings (SSSR count). The fraction of sp³-hybridized carbons (Fsp3) is 0.444. The average molecular weight is 314 g/mol. The molecule has 1 heterocycles. The van der Waals surface area contributed by atoms with E-state index in [-0.39, 0.29) is 11.9 Å². The van der Waals surface area contributed by atoms with Crippen molar-refractivity contribution in [3.8, 4) is 0 Å². The largest absolute Gasteiger partial charge is 0.481 e. The van der Waals surface area contributed by atoms with Crippen molar-refractivity contribution in [2.45, 2.75) is 19.3 Å². The summed E-state index contributed by atoms with van der Waals surface area (Å²) in [6.07, 6.45) is 2.51. The maximum Gasteiger partial charge on any atom is 0.317 e. The summed E-state index contributed by atoms with van der Waals surface area (Å²) >= 11 is 0. The Morgan fingerprint density at radius 1 is 1.35 bits per heavy atom. The maximum atomic E-state index is 12.4. The number of carboxylic acid groups (broad SMARTS) is 1. The number of rotatable bonds is 4. The highest BCUT2D eigenvalue weighted by Gasteiger charge is 2.55. The first-order chi connectivity index (χ1) is 11.0. The molecule has 5 heteroatoms. The van der Waals surface area contributed by atoms with Gasteiger partial charge in [-0.25, -0.2) is 4.79 Å². The lowest BCUT2D eigenvalue weighted by molar-refractivity contribution is -0.149. The molecular formula is C18H22N2O3. The molecule has 23 heavy (non-hydrogen) atoms. The Morgan fingerprint density at radius 3 is 2.74 bits per heavy atom. The van der Waals surface area contributed by atoms with Crippen molar-refractivity contribution >= 4 is 17.6 Å². The molecule has 122 valence electrons. The number of hydrogen-bond donors (Lipinski definition) is 2. The molecule has 0 aromatic heterocycles. The van der Waals surface area contributed by atoms with Gasteiger partial charge in [-0.3, -0.25) is 4.79 Å². The van der Waals surface area contributed by atoms with Gasteiger partial charge in [0.25, 0.3) is 0 Å². The van der Waals surface area contributed by atoms with Crippen LogP contribution in [0.2, 0.25) is 0 Å². The molecule has 0 radical (unpaired) electrons. The Morgan fingerprint density at radius 2 is 2.09 bits per heavy atom. The van der Waals surface area contributed by atoms with Crippen molar-refractivity contribution in [2.75, 3.05) is 19.6 Å². The Bertz CT molecular complexity index is 628. The summed E-state index contributed by atoms with van der Waals surface area (Å²) in [5.41, 5.74) is 1.10. The molecule has 1 aromatic carbocycles. The smallest absolute Gasteiger partial charge is 0.317 e. The van der Waals surface area contributed by atoms with E-state index in [2.05, 4.69) is 11.9 Å². The van der Waals surface area contributed by atoms with Gasteiger partial charge in [0.2, 0.25) is 0 Å². The number of nitrogens with zero attached hydrogens (tertiary/aromatic N) is 1. The van der Waals surface area contributed by atoms with Crippen molar-refractivity contribution in [2.24, 2.45) is 11.3 Å². The molecule has 2 amide bonds. The monoisotopic (exact) mass is 314 g/mol. The molecule has 2 fully saturated rings. The van der Waals surface area contributed by atoms with Crippen molar-refractivity contribution in [3.05, 3.63) is 42.5 Å². The first-order valence-corrected chi connectivity index (χ1v) is 8.02. The first kappa shape index (κ1) is 15.6. The van der Waals surface area contributed by atoms with Gasteiger partial charge in [0.05, 0.1) is 5.41 Å². The molecule has 0 unspecified atom stereocenters. The Kier molecular flexibility index (Phi) is 4.11. The van der Waals surface area contributed by atoms with Crippen molar-refractivity contribution in [1.82, 2.24) is 10.2 Å². The van der Waals surface area contributed by atoms with Crippen molar-refractivity contribution < 1.29 is 14.7 Å². The predicted octanol–water partition coefficient (Wildman–Crippen LogP) is 2.60. The third kappa shape index (κ3) is 2.83. The van der Waals surface area contributed by atoms with Gasteiger partial charge in [0, 0.05) is 19.6 Å². The SMILES string of the molecule is C=C(CNC(=O)N1C[C@@H]2CCC[C@@]2(C(=O)O)C1)c1ccccc1. The third-order valence-electron chi connectivity index (χ3n) is 5.22. The van der Waals surface area contributed by atoms with Gasteiger partial charge in [-0.05, 0) is 29.9 Å². The van der Waals surface area contributed by atoms with E-state index in [0.717, 1.165) is 24.0 Å². The Labute approximate surface area is 136 Å². The Balaban J connectivity index is 1.58. The Hall–Kier alpha value is -2.30. The van der Waals surface area contributed by atoms with Gasteiger partial charge in [-0.1, -0.05) is 43.3 Å². The minimum Gasteiger partial charge on any atom is -0.481 e. The van der Waals surface area contributed by atoms with Crippen LogP contribution in [0.1, 0.15) is 24.8 Å². The van der Waals surface area contributed by atoms with Crippen LogP contribution in [0.4, 0.5) is 4.79 Å². The van der Waals surface area contributed by atoms with Crippen LogP contribution in [0.5, 0.6) is 0 Å². The van der Waals surface area contributed by atoms with Crippen LogP contribution in [-0.4, -0.2) is 41.6 Å². The average Bonchev–Trinajstić information content (AvgIpc) is 3.11. The van der Waals surface area contributed by atoms with Crippen molar-refractivity contribution in [1.29, 1.82) is 0 Å². The topological polar surface area (TPSA) is 69.6 Å². The number of hydrogen-bond acceptors (Lipinski definition) is 2. The van der Waals surface area contributed by atoms with E-state index in [1.165, 1.54) is 0 Å². The van der Waals surface area contributed by atoms with E-state index in [1.54, 1.807) is 4.90 Å². The molecule has 5 nitrogen and oxygen atoms in total. The molecule has 2 aliphatic rings. The molecule has 1 aliphatic carbocycles. The number of likely N-dealkylation sites (tertiary alicyclic amines) is 1. The number of nitrogens with one attached hydrogen (secondary N) is 1. The summed E-state index contributed by atoms with van der Waals surface area (Å²) in [4.78, 5) is 25.7. The number of carbonyl (C=O) groups is 2. The lowest BCUT2D eigenvalue weighted by Gasteiger charge is -2.23. The van der Waals surface area contributed by atoms with Gasteiger partial charge in [0.1, 0.15) is 0 Å². The van der Waals surface area contributed by atoms with Gasteiger partial charge in [0.15, 0.2) is 0 Å². The molecule has 1 aliphatic heterocycles. The van der Waals surface area contributed by atoms with E-state index in [4.69, 9.17) is 0 Å². The van der Waals surface area contributed by atoms with Crippen LogP contribution in [0.15, 0.2) is 36.9 Å². The summed E-state index contributed by atoms with van der Waals surface area (Å²) in [5.74, 6) is -0.674. The zero-order chi connectivity index (χ0) is 16.4. The van der Waals surface area contributed by atoms with Crippen LogP contribution < -0.4 is 5.32 Å². The van der Waals surface area contributed by atoms with Crippen LogP contribution >= 0.6 is 0 Å². The molecule has 1 saturated carbocycles. The van der Waals surface area contributed by atoms with Gasteiger partial charge in [-0.2, -0.15) is 0 Å². The zero-order valence-electron chi connectivity index (χ0n) is 13.1. The number of benzene rings is 1. The minimum atomic E-state index is -0.760. The minimum absolute atomic E-state index is 0.0862. The number of fused-ring (bicyclic) bond motifs is 1. The normalized spacial score (nSPS) is 25.9. The summed E-state index contributed by atoms with van der Waals surface area (Å²) in [6.45, 7) is 5.21. The van der Waals surface area contributed by atoms with Gasteiger partial charge < -0.3 is 15.3 Å². The molecule has 2 N–H and O–H groups in total. The van der Waals surface area contributed by atoms with E-state index < -0.39 is 11.4 Å². The highest BCUT2D eigenvalue weighted by molar-refractivity contribution is 5.81. The van der Waals surface area contributed by atoms with E-state index in [0.29, 0.717) is 26.1 Å². The number of carboxylic acids is 1. The summed E-state index contributed by atoms with van der Waals surface area (Å²) in [5, 5.41) is 12.4. The number of urea groups is 1. The van der Waals surface area contributed by atoms with Crippen molar-refractivity contribution in [3.63, 3.8) is 0 Å². The second-order valence-corrected chi connectivity index (χ2v) is 6.56. The number of carbonyl (C=O) groups excluding carboxylic acids is 1. The number of aliphatic carboxylic acids is 1. The quantitative estimate of drug-likeness (QED) is 0.897. The second kappa shape index (κ2) is 6.07. The van der Waals surface area contributed by atoms with E-state index in [9.17, 15) is 14.7 Å². The highest BCUT2D eigenvalue weighted by atomic mass is 16.4. The number of amides is 2. The predicted molar refractivity (Wildman–Crippen MR) is 87.9 cm³/mol. The van der Waals surface area contributed by atoms with Gasteiger partial charge >= 0.3 is 12.0 Å². The van der Waals surface area contributed by atoms with Crippen LogP contribution in [0, 0.1) is 11.3 Å². The lowest BCUT2D eigenvalue weighted by atomic mass is 9.81. The molecule has 1 aromatic rings. The molecule has 1 saturated heterocycles. The highest BCUT2D eigenvalue weighted by Crippen LogP contribution is 2.48. The van der Waals surface area contributed by atoms with E-state index in [1.807, 2.05) is 30.3 Å². The molecule has 0 bridgehead atoms. The first-order valence-electron chi connectivity index (χ1n) is 8.02. The fourth-order valence-electron chi connectivity index (χ4n) is 3.86. The standard InChI is InChI=1S/C18H22N2O3/c1-13(14-6-3-2-4-7-14)10-19-17(23)20-11-15-8-5-9-18(15,12-20)16(21)22/h2-4,6-7,15H,1,5,8-12H2,(H,19,23)(H,21,22)/t15-,18+/m0/s1. The third-order valence-corrected chi connectivity index (χ3v) is 5.22. The molecular weight excluding hydrogens is 292 g/mol. The summed E-state index contributed by atoms with van der Waals surface area (Å²) < 4.78 is 0. The molecule has 2 atom stereocenters. The van der Waals surface area contributed by atoms with Gasteiger partial charge in [-0.15, -0.1) is 0 Å².